The van der Waals surface area contributed by atoms with Crippen LogP contribution in [0.1, 0.15) is 44.2 Å². The van der Waals surface area contributed by atoms with Crippen molar-refractivity contribution in [2.24, 2.45) is 11.3 Å². The van der Waals surface area contributed by atoms with Crippen molar-refractivity contribution in [2.75, 3.05) is 19.7 Å². The summed E-state index contributed by atoms with van der Waals surface area (Å²) in [5, 5.41) is 14.3. The molecule has 32 heavy (non-hydrogen) atoms. The van der Waals surface area contributed by atoms with E-state index in [1.807, 2.05) is 38.1 Å². The van der Waals surface area contributed by atoms with Gasteiger partial charge in [-0.3, -0.25) is 9.59 Å². The average Bonchev–Trinajstić information content (AvgIpc) is 3.08. The molecule has 170 valence electrons. The fourth-order valence-corrected chi connectivity index (χ4v) is 3.87. The Morgan fingerprint density at radius 3 is 2.12 bits per heavy atom. The summed E-state index contributed by atoms with van der Waals surface area (Å²) in [5.41, 5.74) is 4.12. The highest BCUT2D eigenvalue weighted by atomic mass is 16.5. The maximum atomic E-state index is 12.3. The van der Waals surface area contributed by atoms with Gasteiger partial charge in [0.25, 0.3) is 0 Å². The first-order valence-electron chi connectivity index (χ1n) is 10.8. The molecule has 1 unspecified atom stereocenters. The molecule has 7 heteroatoms. The van der Waals surface area contributed by atoms with Gasteiger partial charge in [-0.1, -0.05) is 69.3 Å². The molecule has 0 spiro atoms. The highest BCUT2D eigenvalue weighted by molar-refractivity contribution is 5.79. The number of benzene rings is 2. The Morgan fingerprint density at radius 1 is 1.00 bits per heavy atom. The standard InChI is InChI=1S/C25H30N2O5/c1-16(23(29)30)13-26-22(28)12-25(2,3)15-27-24(31)32-14-21-19-10-6-4-8-17(19)18-9-5-7-11-20(18)21/h4-11,16,21H,12-15H2,1-3H3,(H,26,28)(H,27,31)(H,29,30). The van der Waals surface area contributed by atoms with Crippen molar-refractivity contribution in [3.8, 4) is 11.1 Å². The third kappa shape index (κ3) is 5.66. The predicted octanol–water partition coefficient (Wildman–Crippen LogP) is 3.78. The molecule has 1 aliphatic rings. The Hall–Kier alpha value is -3.35. The largest absolute Gasteiger partial charge is 0.481 e. The Kier molecular flexibility index (Phi) is 7.18. The van der Waals surface area contributed by atoms with Crippen molar-refractivity contribution in [3.63, 3.8) is 0 Å². The number of ether oxygens (including phenoxy) is 1. The van der Waals surface area contributed by atoms with Crippen LogP contribution in [-0.2, 0) is 14.3 Å². The smallest absolute Gasteiger partial charge is 0.407 e. The number of carboxylic acids is 1. The Morgan fingerprint density at radius 2 is 1.56 bits per heavy atom. The molecule has 0 heterocycles. The zero-order chi connectivity index (χ0) is 23.3. The highest BCUT2D eigenvalue weighted by Crippen LogP contribution is 2.44. The molecule has 0 aliphatic heterocycles. The maximum absolute atomic E-state index is 12.3. The molecule has 0 saturated heterocycles. The summed E-state index contributed by atoms with van der Waals surface area (Å²) in [6.07, 6.45) is -0.372. The average molecular weight is 439 g/mol. The van der Waals surface area contributed by atoms with Crippen molar-refractivity contribution in [1.29, 1.82) is 0 Å². The lowest BCUT2D eigenvalue weighted by atomic mass is 9.89. The molecular weight excluding hydrogens is 408 g/mol. The third-order valence-corrected chi connectivity index (χ3v) is 5.72. The molecule has 1 aliphatic carbocycles. The van der Waals surface area contributed by atoms with Gasteiger partial charge in [0.2, 0.25) is 5.91 Å². The number of carbonyl (C=O) groups excluding carboxylic acids is 2. The zero-order valence-corrected chi connectivity index (χ0v) is 18.7. The van der Waals surface area contributed by atoms with Crippen LogP contribution >= 0.6 is 0 Å². The van der Waals surface area contributed by atoms with Crippen molar-refractivity contribution < 1.29 is 24.2 Å². The summed E-state index contributed by atoms with van der Waals surface area (Å²) in [7, 11) is 0. The minimum Gasteiger partial charge on any atom is -0.481 e. The second kappa shape index (κ2) is 9.85. The fourth-order valence-electron chi connectivity index (χ4n) is 3.87. The molecule has 0 saturated carbocycles. The van der Waals surface area contributed by atoms with Gasteiger partial charge in [-0.05, 0) is 27.7 Å². The Labute approximate surface area is 188 Å². The topological polar surface area (TPSA) is 105 Å². The highest BCUT2D eigenvalue weighted by Gasteiger charge is 2.29. The zero-order valence-electron chi connectivity index (χ0n) is 18.7. The van der Waals surface area contributed by atoms with Crippen LogP contribution < -0.4 is 10.6 Å². The summed E-state index contributed by atoms with van der Waals surface area (Å²) in [5.74, 6) is -1.87. The van der Waals surface area contributed by atoms with Crippen LogP contribution in [0.15, 0.2) is 48.5 Å². The van der Waals surface area contributed by atoms with Crippen molar-refractivity contribution in [1.82, 2.24) is 10.6 Å². The fraction of sp³-hybridized carbons (Fsp3) is 0.400. The first-order valence-corrected chi connectivity index (χ1v) is 10.8. The van der Waals surface area contributed by atoms with E-state index in [2.05, 4.69) is 34.9 Å². The molecule has 2 amide bonds. The van der Waals surface area contributed by atoms with Gasteiger partial charge in [0.05, 0.1) is 5.92 Å². The van der Waals surface area contributed by atoms with Gasteiger partial charge < -0.3 is 20.5 Å². The number of hydrogen-bond donors (Lipinski definition) is 3. The Bertz CT molecular complexity index is 956. The molecule has 0 fully saturated rings. The van der Waals surface area contributed by atoms with Gasteiger partial charge in [-0.2, -0.15) is 0 Å². The normalized spacial score (nSPS) is 13.6. The number of fused-ring (bicyclic) bond motifs is 3. The second-order valence-electron chi connectivity index (χ2n) is 9.06. The quantitative estimate of drug-likeness (QED) is 0.553. The second-order valence-corrected chi connectivity index (χ2v) is 9.06. The molecule has 3 rings (SSSR count). The van der Waals surface area contributed by atoms with Crippen molar-refractivity contribution in [3.05, 3.63) is 59.7 Å². The van der Waals surface area contributed by atoms with Crippen LogP contribution in [0.4, 0.5) is 4.79 Å². The summed E-state index contributed by atoms with van der Waals surface area (Å²) in [4.78, 5) is 35.3. The summed E-state index contributed by atoms with van der Waals surface area (Å²) in [6, 6.07) is 16.3. The van der Waals surface area contributed by atoms with Crippen LogP contribution in [0.5, 0.6) is 0 Å². The molecule has 0 radical (unpaired) electrons. The number of carboxylic acid groups (broad SMARTS) is 1. The lowest BCUT2D eigenvalue weighted by Crippen LogP contribution is -2.39. The minimum atomic E-state index is -0.957. The first-order chi connectivity index (χ1) is 15.2. The number of hydrogen-bond acceptors (Lipinski definition) is 4. The first kappa shape index (κ1) is 23.3. The molecule has 7 nitrogen and oxygen atoms in total. The van der Waals surface area contributed by atoms with E-state index in [1.165, 1.54) is 18.1 Å². The lowest BCUT2D eigenvalue weighted by Gasteiger charge is -2.24. The maximum Gasteiger partial charge on any atom is 0.407 e. The van der Waals surface area contributed by atoms with Crippen LogP contribution in [0.3, 0.4) is 0 Å². The van der Waals surface area contributed by atoms with Crippen LogP contribution in [0.25, 0.3) is 11.1 Å². The van der Waals surface area contributed by atoms with Crippen LogP contribution in [-0.4, -0.2) is 42.8 Å². The number of amides is 2. The molecule has 0 aromatic heterocycles. The molecule has 0 bridgehead atoms. The number of alkyl carbamates (subject to hydrolysis) is 1. The van der Waals surface area contributed by atoms with Gasteiger partial charge in [0.15, 0.2) is 0 Å². The van der Waals surface area contributed by atoms with Crippen LogP contribution in [0.2, 0.25) is 0 Å². The van der Waals surface area contributed by atoms with Gasteiger partial charge >= 0.3 is 12.1 Å². The summed E-state index contributed by atoms with van der Waals surface area (Å²) in [6.45, 7) is 5.81. The van der Waals surface area contributed by atoms with E-state index in [0.717, 1.165) is 11.1 Å². The molecule has 2 aromatic rings. The lowest BCUT2D eigenvalue weighted by molar-refractivity contribution is -0.141. The number of aliphatic carboxylic acids is 1. The monoisotopic (exact) mass is 438 g/mol. The summed E-state index contributed by atoms with van der Waals surface area (Å²) < 4.78 is 5.53. The number of rotatable bonds is 9. The van der Waals surface area contributed by atoms with E-state index in [9.17, 15) is 14.4 Å². The predicted molar refractivity (Wildman–Crippen MR) is 121 cm³/mol. The van der Waals surface area contributed by atoms with Crippen molar-refractivity contribution in [2.45, 2.75) is 33.1 Å². The molecule has 2 aromatic carbocycles. The van der Waals surface area contributed by atoms with Gasteiger partial charge in [-0.25, -0.2) is 4.79 Å². The van der Waals surface area contributed by atoms with E-state index < -0.39 is 23.4 Å². The summed E-state index contributed by atoms with van der Waals surface area (Å²) >= 11 is 0. The van der Waals surface area contributed by atoms with Gasteiger partial charge in [-0.15, -0.1) is 0 Å². The molecule has 3 N–H and O–H groups in total. The van der Waals surface area contributed by atoms with E-state index in [1.54, 1.807) is 0 Å². The number of nitrogens with one attached hydrogen (secondary N) is 2. The SMILES string of the molecule is CC(CNC(=O)CC(C)(C)CNC(=O)OCC1c2ccccc2-c2ccccc21)C(=O)O. The molecule has 1 atom stereocenters. The molecular formula is C25H30N2O5. The minimum absolute atomic E-state index is 0.0110. The van der Waals surface area contributed by atoms with Crippen molar-refractivity contribution >= 4 is 18.0 Å². The number of carbonyl (C=O) groups is 3. The van der Waals surface area contributed by atoms with E-state index in [-0.39, 0.29) is 37.9 Å². The third-order valence-electron chi connectivity index (χ3n) is 5.72. The van der Waals surface area contributed by atoms with Gasteiger partial charge in [0.1, 0.15) is 6.61 Å². The van der Waals surface area contributed by atoms with Gasteiger partial charge in [0, 0.05) is 25.4 Å². The van der Waals surface area contributed by atoms with Crippen LogP contribution in [0, 0.1) is 11.3 Å². The van der Waals surface area contributed by atoms with E-state index in [4.69, 9.17) is 9.84 Å². The van der Waals surface area contributed by atoms with E-state index in [0.29, 0.717) is 0 Å². The Balaban J connectivity index is 1.49. The van der Waals surface area contributed by atoms with E-state index >= 15 is 0 Å².